The van der Waals surface area contributed by atoms with Gasteiger partial charge in [0, 0.05) is 0 Å². The molecule has 0 N–H and O–H groups in total. The van der Waals surface area contributed by atoms with E-state index >= 15 is 0 Å². The molecule has 4 fully saturated rings. The van der Waals surface area contributed by atoms with Gasteiger partial charge in [0.1, 0.15) is 0 Å². The average molecular weight is 282 g/mol. The molecule has 6 bridgehead atoms. The van der Waals surface area contributed by atoms with Gasteiger partial charge < -0.3 is 0 Å². The molecule has 0 nitrogen and oxygen atoms in total. The lowest BCUT2D eigenvalue weighted by Gasteiger charge is -2.35. The summed E-state index contributed by atoms with van der Waals surface area (Å²) >= 11 is 0. The fraction of sp³-hybridized carbons (Fsp3) is 0.810. The zero-order valence-corrected chi connectivity index (χ0v) is 13.6. The highest BCUT2D eigenvalue weighted by Crippen LogP contribution is 2.66. The maximum Gasteiger partial charge on any atom is -0.0194 e. The minimum Gasteiger partial charge on any atom is -0.0851 e. The molecule has 0 radical (unpaired) electrons. The Morgan fingerprint density at radius 1 is 0.619 bits per heavy atom. The van der Waals surface area contributed by atoms with E-state index in [0.29, 0.717) is 0 Å². The maximum absolute atomic E-state index is 2.54. The van der Waals surface area contributed by atoms with Crippen molar-refractivity contribution in [3.63, 3.8) is 0 Å². The molecule has 6 rings (SSSR count). The normalized spacial score (nSPS) is 60.5. The van der Waals surface area contributed by atoms with Crippen LogP contribution in [0.3, 0.4) is 0 Å². The standard InChI is InChI=1S/C13H18.C8H12/c1-7-4-10-6-11(7)13-9-3-2-8(5-9)12(10)13;1-6-4-7-2-3-8(6)5-7/h2-3,7-13H,4-6H2,1H3;2-3,6-8H,4-5H2,1H3. The molecular formula is C21H30. The third-order valence-electron chi connectivity index (χ3n) is 8.21. The van der Waals surface area contributed by atoms with Gasteiger partial charge in [-0.25, -0.2) is 0 Å². The zero-order chi connectivity index (χ0) is 14.1. The van der Waals surface area contributed by atoms with Crippen LogP contribution in [-0.4, -0.2) is 0 Å². The number of rotatable bonds is 0. The summed E-state index contributed by atoms with van der Waals surface area (Å²) in [5.41, 5.74) is 0. The highest BCUT2D eigenvalue weighted by molar-refractivity contribution is 5.20. The van der Waals surface area contributed by atoms with Gasteiger partial charge in [0.05, 0.1) is 0 Å². The van der Waals surface area contributed by atoms with E-state index in [1.165, 1.54) is 19.3 Å². The molecular weight excluding hydrogens is 252 g/mol. The number of fused-ring (bicyclic) bond motifs is 11. The molecule has 10 atom stereocenters. The number of hydrogen-bond acceptors (Lipinski definition) is 0. The summed E-state index contributed by atoms with van der Waals surface area (Å²) in [6, 6.07) is 0. The molecule has 0 heteroatoms. The molecule has 0 aromatic rings. The first-order valence-corrected chi connectivity index (χ1v) is 9.57. The highest BCUT2D eigenvalue weighted by Gasteiger charge is 2.59. The van der Waals surface area contributed by atoms with E-state index in [-0.39, 0.29) is 0 Å². The molecule has 6 aliphatic rings. The summed E-state index contributed by atoms with van der Waals surface area (Å²) in [6.45, 7) is 4.87. The van der Waals surface area contributed by atoms with Crippen molar-refractivity contribution in [3.05, 3.63) is 24.3 Å². The van der Waals surface area contributed by atoms with Crippen molar-refractivity contribution in [1.82, 2.24) is 0 Å². The predicted octanol–water partition coefficient (Wildman–Crippen LogP) is 5.32. The minimum atomic E-state index is 0.958. The SMILES string of the molecule is CC1CC2C=CC1C2.CC1CC2CC1C1C3C=CC(C3)C21. The third kappa shape index (κ3) is 1.80. The van der Waals surface area contributed by atoms with Crippen molar-refractivity contribution in [1.29, 1.82) is 0 Å². The van der Waals surface area contributed by atoms with Gasteiger partial charge in [-0.1, -0.05) is 38.2 Å². The minimum absolute atomic E-state index is 0.958. The Bertz CT molecular complexity index is 486. The summed E-state index contributed by atoms with van der Waals surface area (Å²) in [6.07, 6.45) is 17.5. The van der Waals surface area contributed by atoms with Crippen molar-refractivity contribution >= 4 is 0 Å². The molecule has 0 heterocycles. The fourth-order valence-corrected chi connectivity index (χ4v) is 7.40. The van der Waals surface area contributed by atoms with Gasteiger partial charge in [0.25, 0.3) is 0 Å². The number of hydrogen-bond donors (Lipinski definition) is 0. The van der Waals surface area contributed by atoms with Crippen LogP contribution in [0.25, 0.3) is 0 Å². The quantitative estimate of drug-likeness (QED) is 0.417. The zero-order valence-electron chi connectivity index (χ0n) is 13.6. The van der Waals surface area contributed by atoms with Crippen molar-refractivity contribution in [2.24, 2.45) is 59.2 Å². The van der Waals surface area contributed by atoms with Crippen LogP contribution in [-0.2, 0) is 0 Å². The van der Waals surface area contributed by atoms with Gasteiger partial charge in [0.15, 0.2) is 0 Å². The van der Waals surface area contributed by atoms with E-state index in [1.54, 1.807) is 12.8 Å². The molecule has 0 saturated heterocycles. The van der Waals surface area contributed by atoms with E-state index < -0.39 is 0 Å². The first kappa shape index (κ1) is 13.0. The average Bonchev–Trinajstić information content (AvgIpc) is 3.26. The second-order valence-electron chi connectivity index (χ2n) is 9.23. The Kier molecular flexibility index (Phi) is 2.77. The lowest BCUT2D eigenvalue weighted by Crippen LogP contribution is -2.29. The Hall–Kier alpha value is -0.520. The van der Waals surface area contributed by atoms with Crippen LogP contribution in [0.5, 0.6) is 0 Å². The Morgan fingerprint density at radius 3 is 2.00 bits per heavy atom. The second kappa shape index (κ2) is 4.49. The van der Waals surface area contributed by atoms with Crippen LogP contribution < -0.4 is 0 Å². The smallest absolute Gasteiger partial charge is 0.0194 e. The molecule has 10 unspecified atom stereocenters. The summed E-state index contributed by atoms with van der Waals surface area (Å²) in [5.74, 6) is 10.5. The monoisotopic (exact) mass is 282 g/mol. The fourth-order valence-electron chi connectivity index (χ4n) is 7.40. The predicted molar refractivity (Wildman–Crippen MR) is 87.6 cm³/mol. The van der Waals surface area contributed by atoms with Gasteiger partial charge in [0.2, 0.25) is 0 Å². The highest BCUT2D eigenvalue weighted by atomic mass is 14.6. The van der Waals surface area contributed by atoms with Crippen LogP contribution in [0, 0.1) is 59.2 Å². The van der Waals surface area contributed by atoms with E-state index in [1.807, 2.05) is 0 Å². The first-order valence-electron chi connectivity index (χ1n) is 9.57. The molecule has 0 aliphatic heterocycles. The van der Waals surface area contributed by atoms with E-state index in [4.69, 9.17) is 0 Å². The van der Waals surface area contributed by atoms with E-state index in [9.17, 15) is 0 Å². The van der Waals surface area contributed by atoms with Gasteiger partial charge in [-0.05, 0) is 91.3 Å². The molecule has 21 heavy (non-hydrogen) atoms. The van der Waals surface area contributed by atoms with Crippen LogP contribution in [0.1, 0.15) is 46.0 Å². The summed E-state index contributed by atoms with van der Waals surface area (Å²) in [5, 5.41) is 0. The molecule has 114 valence electrons. The van der Waals surface area contributed by atoms with Crippen LogP contribution in [0.2, 0.25) is 0 Å². The third-order valence-corrected chi connectivity index (χ3v) is 8.21. The van der Waals surface area contributed by atoms with Crippen LogP contribution in [0.15, 0.2) is 24.3 Å². The van der Waals surface area contributed by atoms with Gasteiger partial charge >= 0.3 is 0 Å². The summed E-state index contributed by atoms with van der Waals surface area (Å²) in [4.78, 5) is 0. The Labute approximate surface area is 130 Å². The molecule has 0 amide bonds. The summed E-state index contributed by atoms with van der Waals surface area (Å²) < 4.78 is 0. The topological polar surface area (TPSA) is 0 Å². The van der Waals surface area contributed by atoms with Gasteiger partial charge in [-0.15, -0.1) is 0 Å². The van der Waals surface area contributed by atoms with Crippen molar-refractivity contribution in [3.8, 4) is 0 Å². The lowest BCUT2D eigenvalue weighted by atomic mass is 9.70. The van der Waals surface area contributed by atoms with Crippen LogP contribution in [0.4, 0.5) is 0 Å². The van der Waals surface area contributed by atoms with Crippen molar-refractivity contribution in [2.75, 3.05) is 0 Å². The number of allylic oxidation sites excluding steroid dienone is 4. The molecule has 4 saturated carbocycles. The largest absolute Gasteiger partial charge is 0.0851 e. The van der Waals surface area contributed by atoms with Crippen molar-refractivity contribution < 1.29 is 0 Å². The van der Waals surface area contributed by atoms with Gasteiger partial charge in [-0.2, -0.15) is 0 Å². The van der Waals surface area contributed by atoms with Crippen molar-refractivity contribution in [2.45, 2.75) is 46.0 Å². The molecule has 0 aromatic carbocycles. The van der Waals surface area contributed by atoms with E-state index in [0.717, 1.165) is 59.2 Å². The second-order valence-corrected chi connectivity index (χ2v) is 9.23. The first-order chi connectivity index (χ1) is 10.2. The molecule has 0 aromatic heterocycles. The molecule has 0 spiro atoms. The van der Waals surface area contributed by atoms with Gasteiger partial charge in [-0.3, -0.25) is 0 Å². The maximum atomic E-state index is 2.54. The Morgan fingerprint density at radius 2 is 1.38 bits per heavy atom. The van der Waals surface area contributed by atoms with E-state index in [2.05, 4.69) is 38.2 Å². The lowest BCUT2D eigenvalue weighted by molar-refractivity contribution is 0.160. The van der Waals surface area contributed by atoms with Crippen LogP contribution >= 0.6 is 0 Å². The summed E-state index contributed by atoms with van der Waals surface area (Å²) in [7, 11) is 0. The molecule has 6 aliphatic carbocycles. The Balaban J connectivity index is 0.000000112.